The Kier molecular flexibility index (Phi) is 4.98. The lowest BCUT2D eigenvalue weighted by Gasteiger charge is -2.11. The van der Waals surface area contributed by atoms with Crippen molar-refractivity contribution < 1.29 is 13.2 Å². The lowest BCUT2D eigenvalue weighted by atomic mass is 10.1. The number of rotatable bonds is 6. The topological polar surface area (TPSA) is 83.8 Å². The zero-order valence-corrected chi connectivity index (χ0v) is 14.0. The van der Waals surface area contributed by atoms with Crippen molar-refractivity contribution in [1.82, 2.24) is 15.0 Å². The van der Waals surface area contributed by atoms with Gasteiger partial charge in [-0.15, -0.1) is 0 Å². The third-order valence-electron chi connectivity index (χ3n) is 3.63. The number of aromatic nitrogens is 3. The van der Waals surface area contributed by atoms with Gasteiger partial charge in [-0.05, 0) is 18.6 Å². The van der Waals surface area contributed by atoms with Gasteiger partial charge in [-0.1, -0.05) is 24.9 Å². The van der Waals surface area contributed by atoms with Crippen LogP contribution < -0.4 is 11.1 Å². The number of benzene rings is 1. The van der Waals surface area contributed by atoms with Gasteiger partial charge in [0.05, 0.1) is 16.9 Å². The average molecular weight is 369 g/mol. The SMILES string of the molecule is CCCCNc1nc(-c2ccc(Cl)c3[nH]c(=O)oc23)cnc1C(F)F. The number of hydrogen-bond acceptors (Lipinski definition) is 5. The lowest BCUT2D eigenvalue weighted by molar-refractivity contribution is 0.146. The smallest absolute Gasteiger partial charge is 0.407 e. The van der Waals surface area contributed by atoms with Crippen LogP contribution in [-0.4, -0.2) is 21.5 Å². The van der Waals surface area contributed by atoms with Crippen molar-refractivity contribution in [2.45, 2.75) is 26.2 Å². The molecule has 25 heavy (non-hydrogen) atoms. The molecule has 6 nitrogen and oxygen atoms in total. The number of aromatic amines is 1. The first-order valence-electron chi connectivity index (χ1n) is 7.72. The van der Waals surface area contributed by atoms with Crippen LogP contribution in [0.5, 0.6) is 0 Å². The fraction of sp³-hybridized carbons (Fsp3) is 0.312. The first kappa shape index (κ1) is 17.3. The highest BCUT2D eigenvalue weighted by Crippen LogP contribution is 2.32. The van der Waals surface area contributed by atoms with E-state index in [4.69, 9.17) is 16.0 Å². The highest BCUT2D eigenvalue weighted by molar-refractivity contribution is 6.35. The second kappa shape index (κ2) is 7.18. The van der Waals surface area contributed by atoms with E-state index in [2.05, 4.69) is 20.3 Å². The van der Waals surface area contributed by atoms with Crippen molar-refractivity contribution in [3.05, 3.63) is 39.6 Å². The number of oxazole rings is 1. The summed E-state index contributed by atoms with van der Waals surface area (Å²) in [5.74, 6) is -0.648. The zero-order valence-electron chi connectivity index (χ0n) is 13.3. The Morgan fingerprint density at radius 2 is 2.20 bits per heavy atom. The highest BCUT2D eigenvalue weighted by Gasteiger charge is 2.19. The maximum Gasteiger partial charge on any atom is 0.417 e. The van der Waals surface area contributed by atoms with Gasteiger partial charge in [0.15, 0.2) is 11.4 Å². The van der Waals surface area contributed by atoms with Crippen LogP contribution in [0.25, 0.3) is 22.4 Å². The van der Waals surface area contributed by atoms with Crippen molar-refractivity contribution in [2.75, 3.05) is 11.9 Å². The predicted molar refractivity (Wildman–Crippen MR) is 91.2 cm³/mol. The number of hydrogen-bond donors (Lipinski definition) is 2. The Balaban J connectivity index is 2.10. The van der Waals surface area contributed by atoms with E-state index in [1.807, 2.05) is 6.92 Å². The number of nitrogens with zero attached hydrogens (tertiary/aromatic N) is 2. The average Bonchev–Trinajstić information content (AvgIpc) is 2.97. The number of nitrogens with one attached hydrogen (secondary N) is 2. The summed E-state index contributed by atoms with van der Waals surface area (Å²) in [4.78, 5) is 22.0. The molecule has 0 saturated carbocycles. The standard InChI is InChI=1S/C16H15ClF2N4O2/c1-2-3-6-20-15-12(14(18)19)21-7-10(22-15)8-4-5-9(17)11-13(8)25-16(24)23-11/h4-5,7,14H,2-3,6H2,1H3,(H,20,22)(H,23,24). The molecular formula is C16H15ClF2N4O2. The van der Waals surface area contributed by atoms with Gasteiger partial charge < -0.3 is 9.73 Å². The summed E-state index contributed by atoms with van der Waals surface area (Å²) in [7, 11) is 0. The number of anilines is 1. The van der Waals surface area contributed by atoms with Crippen LogP contribution in [0.2, 0.25) is 5.02 Å². The van der Waals surface area contributed by atoms with E-state index in [9.17, 15) is 13.6 Å². The van der Waals surface area contributed by atoms with Crippen LogP contribution >= 0.6 is 11.6 Å². The fourth-order valence-electron chi connectivity index (χ4n) is 2.40. The van der Waals surface area contributed by atoms with E-state index in [0.29, 0.717) is 28.3 Å². The van der Waals surface area contributed by atoms with Crippen LogP contribution in [0.3, 0.4) is 0 Å². The molecule has 2 N–H and O–H groups in total. The largest absolute Gasteiger partial charge is 0.417 e. The summed E-state index contributed by atoms with van der Waals surface area (Å²) in [6, 6.07) is 3.17. The number of H-pyrrole nitrogens is 1. The van der Waals surface area contributed by atoms with E-state index in [0.717, 1.165) is 12.8 Å². The monoisotopic (exact) mass is 368 g/mol. The molecule has 132 valence electrons. The number of unbranched alkanes of at least 4 members (excludes halogenated alkanes) is 1. The molecule has 0 aliphatic carbocycles. The van der Waals surface area contributed by atoms with E-state index in [1.54, 1.807) is 12.1 Å². The van der Waals surface area contributed by atoms with Gasteiger partial charge in [-0.2, -0.15) is 0 Å². The Hall–Kier alpha value is -2.48. The minimum absolute atomic E-state index is 0.0157. The van der Waals surface area contributed by atoms with Gasteiger partial charge in [0.1, 0.15) is 11.2 Å². The highest BCUT2D eigenvalue weighted by atomic mass is 35.5. The predicted octanol–water partition coefficient (Wildman–Crippen LogP) is 4.38. The Morgan fingerprint density at radius 1 is 1.40 bits per heavy atom. The van der Waals surface area contributed by atoms with Crippen molar-refractivity contribution in [3.63, 3.8) is 0 Å². The van der Waals surface area contributed by atoms with Gasteiger partial charge in [0.2, 0.25) is 0 Å². The van der Waals surface area contributed by atoms with Crippen LogP contribution in [-0.2, 0) is 0 Å². The summed E-state index contributed by atoms with van der Waals surface area (Å²) < 4.78 is 31.4. The maximum absolute atomic E-state index is 13.2. The zero-order chi connectivity index (χ0) is 18.0. The quantitative estimate of drug-likeness (QED) is 0.631. The third-order valence-corrected chi connectivity index (χ3v) is 3.95. The normalized spacial score (nSPS) is 11.4. The van der Waals surface area contributed by atoms with Crippen LogP contribution in [0.15, 0.2) is 27.5 Å². The molecule has 0 aliphatic heterocycles. The molecule has 0 atom stereocenters. The van der Waals surface area contributed by atoms with Gasteiger partial charge >= 0.3 is 5.76 Å². The van der Waals surface area contributed by atoms with Crippen molar-refractivity contribution in [3.8, 4) is 11.3 Å². The van der Waals surface area contributed by atoms with Crippen LogP contribution in [0.1, 0.15) is 31.9 Å². The van der Waals surface area contributed by atoms with E-state index in [1.165, 1.54) is 6.20 Å². The molecule has 2 heterocycles. The minimum Gasteiger partial charge on any atom is -0.407 e. The van der Waals surface area contributed by atoms with Gasteiger partial charge in [-0.3, -0.25) is 4.98 Å². The van der Waals surface area contributed by atoms with Crippen LogP contribution in [0.4, 0.5) is 14.6 Å². The molecule has 1 aromatic carbocycles. The van der Waals surface area contributed by atoms with E-state index < -0.39 is 17.9 Å². The molecule has 0 saturated heterocycles. The summed E-state index contributed by atoms with van der Waals surface area (Å²) in [6.45, 7) is 2.50. The number of alkyl halides is 2. The third kappa shape index (κ3) is 3.48. The molecule has 0 spiro atoms. The number of halogens is 3. The van der Waals surface area contributed by atoms with Crippen molar-refractivity contribution in [1.29, 1.82) is 0 Å². The molecule has 0 fully saturated rings. The fourth-order valence-corrected chi connectivity index (χ4v) is 2.60. The Morgan fingerprint density at radius 3 is 2.92 bits per heavy atom. The molecule has 0 amide bonds. The van der Waals surface area contributed by atoms with Gasteiger partial charge in [-0.25, -0.2) is 23.5 Å². The molecule has 3 aromatic rings. The van der Waals surface area contributed by atoms with E-state index in [-0.39, 0.29) is 11.4 Å². The Bertz CT molecular complexity index is 955. The van der Waals surface area contributed by atoms with Gasteiger partial charge in [0, 0.05) is 12.1 Å². The first-order chi connectivity index (χ1) is 12.0. The first-order valence-corrected chi connectivity index (χ1v) is 8.09. The summed E-state index contributed by atoms with van der Waals surface area (Å²) in [5.41, 5.74) is 0.846. The molecule has 2 aromatic heterocycles. The minimum atomic E-state index is -2.75. The maximum atomic E-state index is 13.2. The molecule has 0 aliphatic rings. The van der Waals surface area contributed by atoms with Crippen LogP contribution in [0, 0.1) is 0 Å². The van der Waals surface area contributed by atoms with Crippen molar-refractivity contribution >= 4 is 28.5 Å². The summed E-state index contributed by atoms with van der Waals surface area (Å²) in [5, 5.41) is 3.20. The van der Waals surface area contributed by atoms with Gasteiger partial charge in [0.25, 0.3) is 6.43 Å². The molecular weight excluding hydrogens is 354 g/mol. The Labute approximate surface area is 146 Å². The molecule has 0 bridgehead atoms. The second-order valence-corrected chi connectivity index (χ2v) is 5.79. The molecule has 9 heteroatoms. The molecule has 3 rings (SSSR count). The van der Waals surface area contributed by atoms with Crippen molar-refractivity contribution in [2.24, 2.45) is 0 Å². The molecule has 0 unspecified atom stereocenters. The summed E-state index contributed by atoms with van der Waals surface area (Å²) >= 11 is 6.03. The van der Waals surface area contributed by atoms with E-state index >= 15 is 0 Å². The second-order valence-electron chi connectivity index (χ2n) is 5.38. The lowest BCUT2D eigenvalue weighted by Crippen LogP contribution is -2.08. The summed E-state index contributed by atoms with van der Waals surface area (Å²) in [6.07, 6.45) is 0.201. The number of fused-ring (bicyclic) bond motifs is 1. The molecule has 0 radical (unpaired) electrons.